The lowest BCUT2D eigenvalue weighted by Gasteiger charge is -2.29. The van der Waals surface area contributed by atoms with E-state index >= 15 is 0 Å². The van der Waals surface area contributed by atoms with E-state index in [1.807, 2.05) is 0 Å². The fourth-order valence-corrected chi connectivity index (χ4v) is 1.60. The van der Waals surface area contributed by atoms with Crippen LogP contribution in [-0.2, 0) is 0 Å². The van der Waals surface area contributed by atoms with Gasteiger partial charge in [-0.25, -0.2) is 0 Å². The zero-order chi connectivity index (χ0) is 13.2. The molecule has 0 spiro atoms. The van der Waals surface area contributed by atoms with Crippen molar-refractivity contribution >= 4 is 33.4 Å². The Morgan fingerprint density at radius 1 is 1.53 bits per heavy atom. The smallest absolute Gasteiger partial charge is 0.251 e. The van der Waals surface area contributed by atoms with Gasteiger partial charge in [-0.1, -0.05) is 11.6 Å². The largest absolute Gasteiger partial charge is 0.391 e. The number of halogens is 2. The molecule has 0 aromatic heterocycles. The van der Waals surface area contributed by atoms with Crippen LogP contribution in [0.4, 0.5) is 0 Å². The molecular weight excluding hydrogens is 305 g/mol. The van der Waals surface area contributed by atoms with Crippen molar-refractivity contribution in [1.82, 2.24) is 5.32 Å². The molecule has 1 atom stereocenters. The molecule has 1 rings (SSSR count). The van der Waals surface area contributed by atoms with Gasteiger partial charge in [0, 0.05) is 10.0 Å². The van der Waals surface area contributed by atoms with Crippen LogP contribution in [0.3, 0.4) is 0 Å². The molecule has 17 heavy (non-hydrogen) atoms. The Hall–Kier alpha value is -0.580. The van der Waals surface area contributed by atoms with E-state index in [4.69, 9.17) is 11.6 Å². The molecule has 0 saturated carbocycles. The second-order valence-corrected chi connectivity index (χ2v) is 5.74. The van der Waals surface area contributed by atoms with Crippen LogP contribution in [0.5, 0.6) is 0 Å². The molecule has 0 heterocycles. The number of aliphatic hydroxyl groups excluding tert-OH is 1. The Morgan fingerprint density at radius 3 is 2.59 bits per heavy atom. The van der Waals surface area contributed by atoms with E-state index in [9.17, 15) is 9.90 Å². The van der Waals surface area contributed by atoms with Crippen LogP contribution in [0.1, 0.15) is 31.1 Å². The predicted molar refractivity (Wildman–Crippen MR) is 72.4 cm³/mol. The summed E-state index contributed by atoms with van der Waals surface area (Å²) in [6.45, 7) is 5.17. The lowest BCUT2D eigenvalue weighted by Crippen LogP contribution is -2.50. The second kappa shape index (κ2) is 5.38. The topological polar surface area (TPSA) is 49.3 Å². The van der Waals surface area contributed by atoms with Gasteiger partial charge in [0.15, 0.2) is 0 Å². The third kappa shape index (κ3) is 3.69. The number of nitrogens with one attached hydrogen (secondary N) is 1. The van der Waals surface area contributed by atoms with Crippen LogP contribution in [0, 0.1) is 0 Å². The van der Waals surface area contributed by atoms with Crippen molar-refractivity contribution in [1.29, 1.82) is 0 Å². The average Bonchev–Trinajstić information content (AvgIpc) is 2.21. The molecule has 0 saturated heterocycles. The molecule has 0 fully saturated rings. The normalized spacial score (nSPS) is 13.3. The van der Waals surface area contributed by atoms with Gasteiger partial charge in [-0.2, -0.15) is 0 Å². The predicted octanol–water partition coefficient (Wildman–Crippen LogP) is 2.99. The van der Waals surface area contributed by atoms with Crippen molar-refractivity contribution in [3.05, 3.63) is 33.3 Å². The second-order valence-electron chi connectivity index (χ2n) is 4.48. The Bertz CT molecular complexity index is 433. The van der Waals surface area contributed by atoms with Gasteiger partial charge in [0.2, 0.25) is 0 Å². The summed E-state index contributed by atoms with van der Waals surface area (Å²) >= 11 is 9.11. The van der Waals surface area contributed by atoms with Gasteiger partial charge in [0.05, 0.1) is 16.7 Å². The van der Waals surface area contributed by atoms with Gasteiger partial charge in [-0.3, -0.25) is 4.79 Å². The van der Waals surface area contributed by atoms with Crippen molar-refractivity contribution < 1.29 is 9.90 Å². The van der Waals surface area contributed by atoms with E-state index in [1.165, 1.54) is 0 Å². The van der Waals surface area contributed by atoms with Crippen molar-refractivity contribution in [2.45, 2.75) is 32.4 Å². The molecule has 94 valence electrons. The van der Waals surface area contributed by atoms with E-state index in [-0.39, 0.29) is 5.91 Å². The molecule has 1 unspecified atom stereocenters. The Morgan fingerprint density at radius 2 is 2.12 bits per heavy atom. The van der Waals surface area contributed by atoms with Crippen LogP contribution in [0.25, 0.3) is 0 Å². The van der Waals surface area contributed by atoms with Crippen molar-refractivity contribution in [3.8, 4) is 0 Å². The first-order valence-electron chi connectivity index (χ1n) is 5.19. The Kier molecular flexibility index (Phi) is 4.58. The fraction of sp³-hybridized carbons (Fsp3) is 0.417. The van der Waals surface area contributed by atoms with Gasteiger partial charge < -0.3 is 10.4 Å². The van der Waals surface area contributed by atoms with E-state index < -0.39 is 11.6 Å². The van der Waals surface area contributed by atoms with Gasteiger partial charge in [-0.05, 0) is 54.9 Å². The highest BCUT2D eigenvalue weighted by Crippen LogP contribution is 2.23. The average molecular weight is 321 g/mol. The minimum atomic E-state index is -0.677. The number of carbonyl (C=O) groups is 1. The van der Waals surface area contributed by atoms with Crippen LogP contribution >= 0.6 is 27.5 Å². The summed E-state index contributed by atoms with van der Waals surface area (Å²) in [7, 11) is 0. The number of amides is 1. The summed E-state index contributed by atoms with van der Waals surface area (Å²) < 4.78 is 0.668. The molecule has 0 aliphatic rings. The molecular formula is C12H15BrClNO2. The van der Waals surface area contributed by atoms with Crippen LogP contribution in [0.15, 0.2) is 22.7 Å². The maximum absolute atomic E-state index is 11.9. The first kappa shape index (κ1) is 14.5. The first-order valence-corrected chi connectivity index (χ1v) is 6.37. The van der Waals surface area contributed by atoms with E-state index in [1.54, 1.807) is 39.0 Å². The van der Waals surface area contributed by atoms with Crippen molar-refractivity contribution in [2.75, 3.05) is 0 Å². The van der Waals surface area contributed by atoms with Crippen LogP contribution < -0.4 is 5.32 Å². The zero-order valence-corrected chi connectivity index (χ0v) is 12.3. The number of carbonyl (C=O) groups excluding carboxylic acids is 1. The summed E-state index contributed by atoms with van der Waals surface area (Å²) in [6, 6.07) is 4.94. The van der Waals surface area contributed by atoms with Gasteiger partial charge in [0.25, 0.3) is 5.91 Å². The summed E-state index contributed by atoms with van der Waals surface area (Å²) in [5.41, 5.74) is -0.182. The SMILES string of the molecule is CC(O)C(C)(C)NC(=O)c1ccc(Cl)c(Br)c1. The Labute approximate surface area is 114 Å². The number of hydrogen-bond donors (Lipinski definition) is 2. The minimum Gasteiger partial charge on any atom is -0.391 e. The highest BCUT2D eigenvalue weighted by atomic mass is 79.9. The van der Waals surface area contributed by atoms with Crippen molar-refractivity contribution in [2.24, 2.45) is 0 Å². The number of hydrogen-bond acceptors (Lipinski definition) is 2. The number of aliphatic hydroxyl groups is 1. The summed E-state index contributed by atoms with van der Waals surface area (Å²) in [5.74, 6) is -0.242. The summed E-state index contributed by atoms with van der Waals surface area (Å²) in [5, 5.41) is 12.8. The molecule has 1 aromatic rings. The summed E-state index contributed by atoms with van der Waals surface area (Å²) in [4.78, 5) is 11.9. The third-order valence-electron chi connectivity index (χ3n) is 2.66. The molecule has 0 aliphatic carbocycles. The van der Waals surface area contributed by atoms with Gasteiger partial charge >= 0.3 is 0 Å². The van der Waals surface area contributed by atoms with E-state index in [0.29, 0.717) is 15.1 Å². The van der Waals surface area contributed by atoms with Crippen LogP contribution in [0.2, 0.25) is 5.02 Å². The Balaban J connectivity index is 2.87. The first-order chi connectivity index (χ1) is 7.74. The van der Waals surface area contributed by atoms with Gasteiger partial charge in [-0.15, -0.1) is 0 Å². The fourth-order valence-electron chi connectivity index (χ4n) is 1.11. The monoisotopic (exact) mass is 319 g/mol. The molecule has 0 aliphatic heterocycles. The molecule has 1 aromatic carbocycles. The van der Waals surface area contributed by atoms with E-state index in [2.05, 4.69) is 21.2 Å². The van der Waals surface area contributed by atoms with Crippen molar-refractivity contribution in [3.63, 3.8) is 0 Å². The number of rotatable bonds is 3. The standard InChI is InChI=1S/C12H15BrClNO2/c1-7(16)12(2,3)15-11(17)8-4-5-10(14)9(13)6-8/h4-7,16H,1-3H3,(H,15,17). The lowest BCUT2D eigenvalue weighted by molar-refractivity contribution is 0.0709. The lowest BCUT2D eigenvalue weighted by atomic mass is 9.98. The summed E-state index contributed by atoms with van der Waals surface area (Å²) in [6.07, 6.45) is -0.637. The van der Waals surface area contributed by atoms with Gasteiger partial charge in [0.1, 0.15) is 0 Å². The third-order valence-corrected chi connectivity index (χ3v) is 3.88. The quantitative estimate of drug-likeness (QED) is 0.899. The molecule has 3 nitrogen and oxygen atoms in total. The minimum absolute atomic E-state index is 0.242. The molecule has 0 bridgehead atoms. The molecule has 5 heteroatoms. The maximum atomic E-state index is 11.9. The van der Waals surface area contributed by atoms with Crippen LogP contribution in [-0.4, -0.2) is 22.7 Å². The maximum Gasteiger partial charge on any atom is 0.251 e. The highest BCUT2D eigenvalue weighted by molar-refractivity contribution is 9.10. The molecule has 1 amide bonds. The van der Waals surface area contributed by atoms with E-state index in [0.717, 1.165) is 0 Å². The number of benzene rings is 1. The molecule has 2 N–H and O–H groups in total. The highest BCUT2D eigenvalue weighted by Gasteiger charge is 2.26. The molecule has 0 radical (unpaired) electrons. The zero-order valence-electron chi connectivity index (χ0n) is 9.92.